The highest BCUT2D eigenvalue weighted by Gasteiger charge is 2.19. The van der Waals surface area contributed by atoms with Crippen LogP contribution in [0.3, 0.4) is 0 Å². The van der Waals surface area contributed by atoms with Crippen molar-refractivity contribution in [3.63, 3.8) is 0 Å². The highest BCUT2D eigenvalue weighted by Crippen LogP contribution is 2.39. The van der Waals surface area contributed by atoms with Crippen LogP contribution in [0, 0.1) is 5.82 Å². The topological polar surface area (TPSA) is 43.6 Å². The van der Waals surface area contributed by atoms with Crippen LogP contribution in [0.4, 0.5) is 4.39 Å². The molecule has 7 aromatic carbocycles. The molecule has 0 amide bonds. The number of hydrogen-bond acceptors (Lipinski definition) is 3. The quantitative estimate of drug-likeness (QED) is 0.181. The third-order valence-corrected chi connectivity index (χ3v) is 9.14. The van der Waals surface area contributed by atoms with Crippen molar-refractivity contribution in [3.8, 4) is 62.1 Å². The fraction of sp³-hybridized carbons (Fsp3) is 0. The van der Waals surface area contributed by atoms with E-state index in [2.05, 4.69) is 89.5 Å². The fourth-order valence-electron chi connectivity index (χ4n) is 6.73. The van der Waals surface area contributed by atoms with Gasteiger partial charge in [0.05, 0.1) is 11.0 Å². The molecule has 0 bridgehead atoms. The standard InChI is InChI=1S/C45H29FN4/c46-35-23-20-31(21-24-35)37-26-25-36(50-41-19-11-10-18-38(41)39-28-34(22-27-42(39)50)30-12-4-1-5-13-30)29-40(37)45-48-43(32-14-6-2-7-15-32)47-44(49-45)33-16-8-3-9-17-33/h1-29H. The summed E-state index contributed by atoms with van der Waals surface area (Å²) in [6.45, 7) is 0. The molecule has 5 heteroatoms. The Kier molecular flexibility index (Phi) is 7.29. The molecule has 50 heavy (non-hydrogen) atoms. The van der Waals surface area contributed by atoms with Crippen molar-refractivity contribution in [3.05, 3.63) is 182 Å². The van der Waals surface area contributed by atoms with Crippen LogP contribution in [0.2, 0.25) is 0 Å². The first-order chi connectivity index (χ1) is 24.7. The molecule has 2 heterocycles. The van der Waals surface area contributed by atoms with Crippen molar-refractivity contribution in [2.45, 2.75) is 0 Å². The second-order valence-electron chi connectivity index (χ2n) is 12.2. The van der Waals surface area contributed by atoms with Crippen LogP contribution in [0.1, 0.15) is 0 Å². The zero-order valence-electron chi connectivity index (χ0n) is 26.9. The Morgan fingerprint density at radius 1 is 0.360 bits per heavy atom. The molecule has 9 rings (SSSR count). The van der Waals surface area contributed by atoms with Gasteiger partial charge in [-0.05, 0) is 64.7 Å². The van der Waals surface area contributed by atoms with E-state index in [0.29, 0.717) is 17.5 Å². The molecular weight excluding hydrogens is 616 g/mol. The van der Waals surface area contributed by atoms with Gasteiger partial charge >= 0.3 is 0 Å². The van der Waals surface area contributed by atoms with Gasteiger partial charge in [-0.15, -0.1) is 0 Å². The van der Waals surface area contributed by atoms with Gasteiger partial charge in [0.1, 0.15) is 5.82 Å². The van der Waals surface area contributed by atoms with Crippen molar-refractivity contribution in [1.82, 2.24) is 19.5 Å². The van der Waals surface area contributed by atoms with Gasteiger partial charge in [-0.2, -0.15) is 0 Å². The van der Waals surface area contributed by atoms with Crippen molar-refractivity contribution in [2.24, 2.45) is 0 Å². The van der Waals surface area contributed by atoms with Gasteiger partial charge in [0, 0.05) is 33.2 Å². The summed E-state index contributed by atoms with van der Waals surface area (Å²) in [5, 5.41) is 2.34. The van der Waals surface area contributed by atoms with E-state index >= 15 is 0 Å². The van der Waals surface area contributed by atoms with Crippen LogP contribution >= 0.6 is 0 Å². The molecule has 0 fully saturated rings. The minimum atomic E-state index is -0.287. The monoisotopic (exact) mass is 644 g/mol. The number of para-hydroxylation sites is 1. The Morgan fingerprint density at radius 3 is 1.56 bits per heavy atom. The molecule has 0 aliphatic rings. The molecule has 0 radical (unpaired) electrons. The van der Waals surface area contributed by atoms with Crippen molar-refractivity contribution in [2.75, 3.05) is 0 Å². The Bertz CT molecular complexity index is 2570. The maximum atomic E-state index is 14.2. The first kappa shape index (κ1) is 29.4. The molecule has 236 valence electrons. The fourth-order valence-corrected chi connectivity index (χ4v) is 6.73. The van der Waals surface area contributed by atoms with Crippen LogP contribution in [0.15, 0.2) is 176 Å². The van der Waals surface area contributed by atoms with E-state index in [0.717, 1.165) is 44.5 Å². The number of fused-ring (bicyclic) bond motifs is 3. The largest absolute Gasteiger partial charge is 0.309 e. The zero-order valence-corrected chi connectivity index (χ0v) is 26.9. The maximum absolute atomic E-state index is 14.2. The van der Waals surface area contributed by atoms with Crippen molar-refractivity contribution < 1.29 is 4.39 Å². The summed E-state index contributed by atoms with van der Waals surface area (Å²) in [7, 11) is 0. The molecule has 0 aliphatic carbocycles. The molecule has 2 aromatic heterocycles. The predicted octanol–water partition coefficient (Wildman–Crippen LogP) is 11.4. The second-order valence-corrected chi connectivity index (χ2v) is 12.2. The Hall–Kier alpha value is -6.72. The van der Waals surface area contributed by atoms with E-state index in [1.54, 1.807) is 12.1 Å². The van der Waals surface area contributed by atoms with E-state index in [9.17, 15) is 4.39 Å². The van der Waals surface area contributed by atoms with E-state index in [4.69, 9.17) is 15.0 Å². The first-order valence-corrected chi connectivity index (χ1v) is 16.6. The number of rotatable bonds is 6. The van der Waals surface area contributed by atoms with Crippen molar-refractivity contribution in [1.29, 1.82) is 0 Å². The van der Waals surface area contributed by atoms with Crippen LogP contribution < -0.4 is 0 Å². The Labute approximate surface area is 288 Å². The minimum Gasteiger partial charge on any atom is -0.309 e. The molecule has 0 atom stereocenters. The third-order valence-electron chi connectivity index (χ3n) is 9.14. The van der Waals surface area contributed by atoms with Gasteiger partial charge in [0.2, 0.25) is 0 Å². The zero-order chi connectivity index (χ0) is 33.4. The summed E-state index contributed by atoms with van der Waals surface area (Å²) in [6.07, 6.45) is 0. The SMILES string of the molecule is Fc1ccc(-c2ccc(-n3c4ccccc4c4cc(-c5ccccc5)ccc43)cc2-c2nc(-c3ccccc3)nc(-c3ccccc3)n2)cc1. The van der Waals surface area contributed by atoms with E-state index in [1.165, 1.54) is 34.0 Å². The lowest BCUT2D eigenvalue weighted by atomic mass is 9.98. The van der Waals surface area contributed by atoms with Gasteiger partial charge in [0.25, 0.3) is 0 Å². The molecule has 0 saturated heterocycles. The van der Waals surface area contributed by atoms with E-state index in [-0.39, 0.29) is 5.82 Å². The number of nitrogens with zero attached hydrogens (tertiary/aromatic N) is 4. The first-order valence-electron chi connectivity index (χ1n) is 16.6. The summed E-state index contributed by atoms with van der Waals surface area (Å²) >= 11 is 0. The number of benzene rings is 7. The molecule has 0 aliphatic heterocycles. The summed E-state index contributed by atoms with van der Waals surface area (Å²) in [5.74, 6) is 1.40. The molecular formula is C45H29FN4. The Balaban J connectivity index is 1.30. The summed E-state index contributed by atoms with van der Waals surface area (Å²) < 4.78 is 16.5. The van der Waals surface area contributed by atoms with Crippen LogP contribution in [-0.2, 0) is 0 Å². The van der Waals surface area contributed by atoms with Gasteiger partial charge in [0.15, 0.2) is 17.5 Å². The molecule has 0 N–H and O–H groups in total. The lowest BCUT2D eigenvalue weighted by molar-refractivity contribution is 0.628. The van der Waals surface area contributed by atoms with Gasteiger partial charge < -0.3 is 4.57 Å². The van der Waals surface area contributed by atoms with E-state index < -0.39 is 0 Å². The molecule has 9 aromatic rings. The lowest BCUT2D eigenvalue weighted by Crippen LogP contribution is -2.02. The number of hydrogen-bond donors (Lipinski definition) is 0. The minimum absolute atomic E-state index is 0.287. The smallest absolute Gasteiger partial charge is 0.164 e. The average Bonchev–Trinajstić information content (AvgIpc) is 3.52. The predicted molar refractivity (Wildman–Crippen MR) is 201 cm³/mol. The summed E-state index contributed by atoms with van der Waals surface area (Å²) in [6, 6.07) is 58.5. The van der Waals surface area contributed by atoms with Gasteiger partial charge in [-0.3, -0.25) is 0 Å². The molecule has 0 unspecified atom stereocenters. The van der Waals surface area contributed by atoms with Crippen molar-refractivity contribution >= 4 is 21.8 Å². The summed E-state index contributed by atoms with van der Waals surface area (Å²) in [5.41, 5.74) is 9.86. The molecule has 4 nitrogen and oxygen atoms in total. The van der Waals surface area contributed by atoms with Crippen LogP contribution in [0.25, 0.3) is 83.9 Å². The lowest BCUT2D eigenvalue weighted by Gasteiger charge is -2.15. The van der Waals surface area contributed by atoms with Crippen LogP contribution in [0.5, 0.6) is 0 Å². The number of aromatic nitrogens is 4. The van der Waals surface area contributed by atoms with E-state index in [1.807, 2.05) is 66.7 Å². The molecule has 0 spiro atoms. The Morgan fingerprint density at radius 2 is 0.900 bits per heavy atom. The van der Waals surface area contributed by atoms with Crippen LogP contribution in [-0.4, -0.2) is 19.5 Å². The summed E-state index contributed by atoms with van der Waals surface area (Å²) in [4.78, 5) is 15.1. The third kappa shape index (κ3) is 5.31. The highest BCUT2D eigenvalue weighted by molar-refractivity contribution is 6.10. The number of halogens is 1. The highest BCUT2D eigenvalue weighted by atomic mass is 19.1. The van der Waals surface area contributed by atoms with Gasteiger partial charge in [-0.1, -0.05) is 133 Å². The van der Waals surface area contributed by atoms with Gasteiger partial charge in [-0.25, -0.2) is 19.3 Å². The maximum Gasteiger partial charge on any atom is 0.164 e. The normalized spacial score (nSPS) is 11.3. The second kappa shape index (κ2) is 12.4. The average molecular weight is 645 g/mol. The molecule has 0 saturated carbocycles.